The lowest BCUT2D eigenvalue weighted by Crippen LogP contribution is -2.43. The van der Waals surface area contributed by atoms with Crippen molar-refractivity contribution in [3.63, 3.8) is 0 Å². The molecule has 1 radical (unpaired) electrons. The first-order valence-corrected chi connectivity index (χ1v) is 40.4. The van der Waals surface area contributed by atoms with Crippen molar-refractivity contribution >= 4 is 119 Å². The van der Waals surface area contributed by atoms with Gasteiger partial charge in [-0.25, -0.2) is 29.9 Å². The Morgan fingerprint density at radius 1 is 0.594 bits per heavy atom. The Balaban J connectivity index is 0.000000138. The van der Waals surface area contributed by atoms with Crippen molar-refractivity contribution in [1.29, 1.82) is 0 Å². The van der Waals surface area contributed by atoms with Crippen molar-refractivity contribution in [3.8, 4) is 85.2 Å². The summed E-state index contributed by atoms with van der Waals surface area (Å²) < 4.78 is 22.3. The molecule has 7 aromatic heterocycles. The normalized spacial score (nSPS) is 11.5. The third kappa shape index (κ3) is 18.9. The van der Waals surface area contributed by atoms with Crippen LogP contribution in [0.25, 0.3) is 92.2 Å². The average Bonchev–Trinajstić information content (AvgIpc) is 1.59. The summed E-state index contributed by atoms with van der Waals surface area (Å²) in [5.74, 6) is 2.99. The standard InChI is InChI=1S/C27H19N3O3S.C19H15N3S.C18H30O3Si.C11H10BrN3.C8H6BO2S/c31-18-9-5-16(6-10-18)13-22-27(33)30-14-23(17-7-11-19(32)12-8-17)28-25(26(30)29-22)21-15-34-24-4-2-1-3-20(21)24;1-12-6-8-13(9-7-12)16-10-21-19(20)18(22-16)15-11-23-17-5-3-2-4-14(15)17;1-8-20-14(2)17(19)13-15-9-11-16(12-10-15)21-22(6,7)18(3,4)5;1-7-2-4-8(5-3-7)9-6-14-11(13)10(12)15-9;10-9-11-7-5-12-8-4-2-1-3-6(7)8/h1-12,14-15,31-33H,13H2;2-11H,1H3,(H2,20,21);9-12,14H,8,13H2,1-7H3;2-6H,1H3,(H2,13,14);1-5,10H. The first-order valence-electron chi connectivity index (χ1n) is 34.1. The highest BCUT2D eigenvalue weighted by molar-refractivity contribution is 9.10. The van der Waals surface area contributed by atoms with E-state index < -0.39 is 8.32 Å². The molecule has 0 bridgehead atoms. The maximum atomic E-state index is 12.0. The molecular weight excluding hydrogens is 1470 g/mol. The van der Waals surface area contributed by atoms with Gasteiger partial charge in [0.25, 0.3) is 0 Å². The second kappa shape index (κ2) is 34.5. The van der Waals surface area contributed by atoms with Gasteiger partial charge in [0.15, 0.2) is 17.2 Å². The number of aryl methyl sites for hydroxylation is 2. The quantitative estimate of drug-likeness (QED) is 0.0491. The number of carbonyl (C=O) groups is 1. The highest BCUT2D eigenvalue weighted by Gasteiger charge is 2.39. The number of anilines is 2. The minimum Gasteiger partial charge on any atom is -0.544 e. The molecule has 0 fully saturated rings. The number of Topliss-reactive ketones (excluding diaryl/α,β-unsaturated/α-hetero) is 1. The number of aromatic hydroxyl groups is 3. The molecule has 0 saturated carbocycles. The van der Waals surface area contributed by atoms with E-state index in [9.17, 15) is 20.1 Å². The van der Waals surface area contributed by atoms with E-state index in [2.05, 4.69) is 131 Å². The van der Waals surface area contributed by atoms with Crippen molar-refractivity contribution in [2.45, 2.75) is 85.5 Å². The summed E-state index contributed by atoms with van der Waals surface area (Å²) in [7, 11) is -1.11. The molecule has 106 heavy (non-hydrogen) atoms. The van der Waals surface area contributed by atoms with Gasteiger partial charge in [-0.1, -0.05) is 153 Å². The zero-order valence-electron chi connectivity index (χ0n) is 60.0. The van der Waals surface area contributed by atoms with Crippen LogP contribution in [-0.4, -0.2) is 89.1 Å². The van der Waals surface area contributed by atoms with Gasteiger partial charge in [0.2, 0.25) is 14.2 Å². The lowest BCUT2D eigenvalue weighted by molar-refractivity contribution is -0.128. The van der Waals surface area contributed by atoms with Gasteiger partial charge in [0.1, 0.15) is 56.6 Å². The van der Waals surface area contributed by atoms with E-state index in [-0.39, 0.29) is 34.3 Å². The molecule has 15 aromatic rings. The average molecular weight is 1550 g/mol. The highest BCUT2D eigenvalue weighted by atomic mass is 79.9. The fraction of sp³-hybridized carbons (Fsp3) is 0.169. The summed E-state index contributed by atoms with van der Waals surface area (Å²) in [5, 5.41) is 48.4. The van der Waals surface area contributed by atoms with E-state index in [0.717, 1.165) is 81.9 Å². The van der Waals surface area contributed by atoms with E-state index in [4.69, 9.17) is 45.3 Å². The fourth-order valence-corrected chi connectivity index (χ4v) is 15.0. The number of rotatable bonds is 16. The van der Waals surface area contributed by atoms with Crippen molar-refractivity contribution in [2.75, 3.05) is 18.1 Å². The fourth-order valence-electron chi connectivity index (χ4n) is 10.9. The predicted molar refractivity (Wildman–Crippen MR) is 440 cm³/mol. The third-order valence-corrected chi connectivity index (χ3v) is 25.6. The molecule has 0 spiro atoms. The number of nitrogen functional groups attached to an aromatic ring is 2. The molecule has 23 heteroatoms. The second-order valence-electron chi connectivity index (χ2n) is 26.5. The van der Waals surface area contributed by atoms with Crippen LogP contribution in [0.3, 0.4) is 0 Å². The monoisotopic (exact) mass is 1540 g/mol. The largest absolute Gasteiger partial charge is 0.569 e. The number of benzene rings is 8. The van der Waals surface area contributed by atoms with E-state index in [1.54, 1.807) is 100 Å². The van der Waals surface area contributed by atoms with Gasteiger partial charge in [-0.3, -0.25) is 9.20 Å². The maximum Gasteiger partial charge on any atom is 0.569 e. The molecular formula is C83H80BBrN9O8S3Si. The number of fused-ring (bicyclic) bond motifs is 4. The Labute approximate surface area is 638 Å². The molecule has 0 saturated heterocycles. The van der Waals surface area contributed by atoms with Crippen LogP contribution in [0.15, 0.2) is 233 Å². The summed E-state index contributed by atoms with van der Waals surface area (Å²) >= 11 is 8.19. The first kappa shape index (κ1) is 76.5. The Bertz CT molecular complexity index is 5480. The zero-order chi connectivity index (χ0) is 75.2. The molecule has 0 amide bonds. The molecule has 1 atom stereocenters. The Morgan fingerprint density at radius 2 is 1.07 bits per heavy atom. The Kier molecular flexibility index (Phi) is 24.9. The minimum absolute atomic E-state index is 0.0475. The van der Waals surface area contributed by atoms with E-state index in [0.29, 0.717) is 71.9 Å². The number of ketones is 1. The summed E-state index contributed by atoms with van der Waals surface area (Å²) in [6.07, 6.45) is 5.65. The summed E-state index contributed by atoms with van der Waals surface area (Å²) in [5.41, 5.74) is 25.8. The van der Waals surface area contributed by atoms with Crippen LogP contribution in [0.2, 0.25) is 18.1 Å². The minimum atomic E-state index is -1.81. The molecule has 537 valence electrons. The SMILES string of the molecule is CCOC(C)C(=O)Cc1ccc(O[Si](C)(C)C(C)(C)C)cc1.Cc1ccc(-c2cnc(N)c(-c3csc4ccccc34)n2)cc1.Cc1ccc(-c2cnc(N)c(Br)n2)cc1.O[B]Oc1csc2ccccc12.Oc1ccc(Cc2nc3c(-c4csc5ccccc45)nc(-c4ccc(O)cc4)cn3c2O)cc1. The van der Waals surface area contributed by atoms with Crippen molar-refractivity contribution < 1.29 is 39.0 Å². The number of phenols is 2. The lowest BCUT2D eigenvalue weighted by atomic mass is 10.1. The molecule has 7 heterocycles. The molecule has 0 aliphatic rings. The van der Waals surface area contributed by atoms with Crippen LogP contribution in [-0.2, 0) is 22.4 Å². The van der Waals surface area contributed by atoms with Crippen molar-refractivity contribution in [2.24, 2.45) is 0 Å². The number of phenolic OH excluding ortho intramolecular Hbond substituents is 2. The van der Waals surface area contributed by atoms with Crippen LogP contribution in [0, 0.1) is 13.8 Å². The number of nitrogens with two attached hydrogens (primary N) is 2. The van der Waals surface area contributed by atoms with E-state index in [1.807, 2.05) is 128 Å². The summed E-state index contributed by atoms with van der Waals surface area (Å²) in [4.78, 5) is 39.2. The first-order chi connectivity index (χ1) is 50.9. The van der Waals surface area contributed by atoms with Crippen LogP contribution < -0.4 is 20.5 Å². The van der Waals surface area contributed by atoms with Crippen molar-refractivity contribution in [3.05, 3.63) is 261 Å². The van der Waals surface area contributed by atoms with Crippen molar-refractivity contribution in [1.82, 2.24) is 34.3 Å². The molecule has 8 N–H and O–H groups in total. The molecule has 15 rings (SSSR count). The van der Waals surface area contributed by atoms with E-state index >= 15 is 0 Å². The van der Waals surface area contributed by atoms with Gasteiger partial charge in [0, 0.05) is 99.9 Å². The second-order valence-corrected chi connectivity index (χ2v) is 34.7. The van der Waals surface area contributed by atoms with Gasteiger partial charge in [-0.05, 0) is 146 Å². The topological polar surface area (TPSA) is 259 Å². The van der Waals surface area contributed by atoms with Gasteiger partial charge in [-0.2, -0.15) is 0 Å². The number of nitrogens with zero attached hydrogens (tertiary/aromatic N) is 7. The summed E-state index contributed by atoms with van der Waals surface area (Å²) in [6, 6.07) is 62.3. The highest BCUT2D eigenvalue weighted by Crippen LogP contribution is 2.41. The Morgan fingerprint density at radius 3 is 1.61 bits per heavy atom. The number of hydrogen-bond donors (Lipinski definition) is 6. The number of ether oxygens (including phenoxy) is 1. The predicted octanol–water partition coefficient (Wildman–Crippen LogP) is 20.1. The van der Waals surface area contributed by atoms with Crippen LogP contribution in [0.5, 0.6) is 28.9 Å². The third-order valence-electron chi connectivity index (χ3n) is 17.8. The smallest absolute Gasteiger partial charge is 0.544 e. The van der Waals surface area contributed by atoms with Crippen LogP contribution in [0.1, 0.15) is 62.6 Å². The lowest BCUT2D eigenvalue weighted by Gasteiger charge is -2.36. The summed E-state index contributed by atoms with van der Waals surface area (Å²) in [6.45, 7) is 19.5. The number of aromatic nitrogens is 7. The number of carbonyl (C=O) groups excluding carboxylic acids is 1. The molecule has 8 aromatic carbocycles. The van der Waals surface area contributed by atoms with Gasteiger partial charge >= 0.3 is 7.69 Å². The van der Waals surface area contributed by atoms with E-state index in [1.165, 1.54) is 21.2 Å². The number of imidazole rings is 1. The van der Waals surface area contributed by atoms with Gasteiger partial charge in [0.05, 0.1) is 29.5 Å². The Hall–Kier alpha value is -10.6. The molecule has 1 unspecified atom stereocenters. The maximum absolute atomic E-state index is 12.0. The molecule has 0 aliphatic heterocycles. The molecule has 17 nitrogen and oxygen atoms in total. The van der Waals surface area contributed by atoms with Crippen LogP contribution in [0.4, 0.5) is 11.6 Å². The van der Waals surface area contributed by atoms with Crippen LogP contribution >= 0.6 is 49.9 Å². The number of halogens is 1. The molecule has 0 aliphatic carbocycles. The number of thiophene rings is 3. The van der Waals surface area contributed by atoms with Gasteiger partial charge < -0.3 is 45.6 Å². The zero-order valence-corrected chi connectivity index (χ0v) is 65.1. The number of hydrogen-bond acceptors (Lipinski definition) is 19. The van der Waals surface area contributed by atoms with Gasteiger partial charge in [-0.15, -0.1) is 34.0 Å².